The molecule has 9 nitrogen and oxygen atoms in total. The zero-order valence-electron chi connectivity index (χ0n) is 21.6. The number of amides is 2. The second-order valence-corrected chi connectivity index (χ2v) is 9.37. The van der Waals surface area contributed by atoms with Gasteiger partial charge in [-0.05, 0) is 44.2 Å². The molecule has 37 heavy (non-hydrogen) atoms. The van der Waals surface area contributed by atoms with Gasteiger partial charge in [0.2, 0.25) is 0 Å². The summed E-state index contributed by atoms with van der Waals surface area (Å²) < 4.78 is 5.90. The molecule has 3 aromatic rings. The lowest BCUT2D eigenvalue weighted by Crippen LogP contribution is -2.51. The van der Waals surface area contributed by atoms with Crippen molar-refractivity contribution in [2.24, 2.45) is 0 Å². The van der Waals surface area contributed by atoms with Crippen molar-refractivity contribution < 1.29 is 14.3 Å². The van der Waals surface area contributed by atoms with Crippen LogP contribution in [0.25, 0.3) is 0 Å². The molecule has 1 aromatic heterocycles. The Bertz CT molecular complexity index is 1340. The minimum atomic E-state index is -0.0820. The Morgan fingerprint density at radius 1 is 1.11 bits per heavy atom. The van der Waals surface area contributed by atoms with E-state index in [9.17, 15) is 9.59 Å². The normalized spacial score (nSPS) is 17.1. The van der Waals surface area contributed by atoms with Gasteiger partial charge in [-0.15, -0.1) is 0 Å². The first-order chi connectivity index (χ1) is 17.9. The molecule has 3 heterocycles. The molecule has 2 amide bonds. The van der Waals surface area contributed by atoms with Crippen LogP contribution in [-0.2, 0) is 0 Å². The van der Waals surface area contributed by atoms with Crippen molar-refractivity contribution >= 4 is 40.4 Å². The Labute approximate surface area is 217 Å². The van der Waals surface area contributed by atoms with E-state index < -0.39 is 0 Å². The quantitative estimate of drug-likeness (QED) is 0.547. The van der Waals surface area contributed by atoms with E-state index in [1.807, 2.05) is 66.2 Å². The van der Waals surface area contributed by atoms with Gasteiger partial charge in [-0.25, -0.2) is 4.98 Å². The highest BCUT2D eigenvalue weighted by Crippen LogP contribution is 2.40. The van der Waals surface area contributed by atoms with Crippen molar-refractivity contribution in [3.63, 3.8) is 0 Å². The molecule has 0 unspecified atom stereocenters. The molecule has 0 aliphatic carbocycles. The highest BCUT2D eigenvalue weighted by molar-refractivity contribution is 6.13. The number of benzene rings is 2. The number of carbonyl (C=O) groups is 2. The number of rotatable bonds is 5. The maximum absolute atomic E-state index is 13.1. The number of pyridine rings is 1. The van der Waals surface area contributed by atoms with Crippen LogP contribution in [0.1, 0.15) is 34.6 Å². The molecular weight excluding hydrogens is 468 g/mol. The van der Waals surface area contributed by atoms with Crippen LogP contribution in [0.5, 0.6) is 5.75 Å². The van der Waals surface area contributed by atoms with E-state index >= 15 is 0 Å². The summed E-state index contributed by atoms with van der Waals surface area (Å²) in [7, 11) is 3.70. The largest absolute Gasteiger partial charge is 0.492 e. The summed E-state index contributed by atoms with van der Waals surface area (Å²) in [5.41, 5.74) is 4.32. The maximum Gasteiger partial charge on any atom is 0.260 e. The van der Waals surface area contributed by atoms with Crippen molar-refractivity contribution in [2.45, 2.75) is 19.9 Å². The van der Waals surface area contributed by atoms with Gasteiger partial charge >= 0.3 is 0 Å². The molecule has 1 atom stereocenters. The molecule has 0 radical (unpaired) electrons. The fraction of sp³-hybridized carbons (Fsp3) is 0.321. The number of nitrogens with one attached hydrogen (secondary N) is 2. The number of anilines is 5. The van der Waals surface area contributed by atoms with Crippen LogP contribution in [0.2, 0.25) is 0 Å². The highest BCUT2D eigenvalue weighted by Gasteiger charge is 2.28. The minimum Gasteiger partial charge on any atom is -0.492 e. The van der Waals surface area contributed by atoms with E-state index in [1.165, 1.54) is 0 Å². The molecular formula is C28H32N6O3. The highest BCUT2D eigenvalue weighted by atomic mass is 16.5. The molecule has 0 saturated carbocycles. The smallest absolute Gasteiger partial charge is 0.260 e. The number of aromatic nitrogens is 1. The Morgan fingerprint density at radius 3 is 2.70 bits per heavy atom. The van der Waals surface area contributed by atoms with Gasteiger partial charge in [-0.2, -0.15) is 0 Å². The molecule has 5 rings (SSSR count). The second-order valence-electron chi connectivity index (χ2n) is 9.37. The number of hydrogen-bond acceptors (Lipinski definition) is 7. The fourth-order valence-electron chi connectivity index (χ4n) is 4.87. The number of para-hydroxylation sites is 1. The number of carbonyl (C=O) groups excluding carboxylic acids is 2. The third-order valence-electron chi connectivity index (χ3n) is 6.83. The van der Waals surface area contributed by atoms with Gasteiger partial charge in [-0.3, -0.25) is 9.59 Å². The lowest BCUT2D eigenvalue weighted by molar-refractivity contribution is 0.0708. The summed E-state index contributed by atoms with van der Waals surface area (Å²) >= 11 is 0. The lowest BCUT2D eigenvalue weighted by atomic mass is 10.1. The van der Waals surface area contributed by atoms with Gasteiger partial charge in [0.05, 0.1) is 41.1 Å². The molecule has 0 spiro atoms. The molecule has 192 valence electrons. The van der Waals surface area contributed by atoms with E-state index in [4.69, 9.17) is 4.74 Å². The van der Waals surface area contributed by atoms with Crippen LogP contribution < -0.4 is 25.2 Å². The van der Waals surface area contributed by atoms with Crippen LogP contribution in [-0.4, -0.2) is 68.1 Å². The van der Waals surface area contributed by atoms with Crippen LogP contribution >= 0.6 is 0 Å². The zero-order chi connectivity index (χ0) is 26.1. The van der Waals surface area contributed by atoms with E-state index in [-0.39, 0.29) is 17.9 Å². The van der Waals surface area contributed by atoms with Crippen LogP contribution in [0.3, 0.4) is 0 Å². The first-order valence-electron chi connectivity index (χ1n) is 12.5. The number of ether oxygens (including phenoxy) is 1. The van der Waals surface area contributed by atoms with Gasteiger partial charge in [-0.1, -0.05) is 12.1 Å². The third-order valence-corrected chi connectivity index (χ3v) is 6.83. The monoisotopic (exact) mass is 500 g/mol. The maximum atomic E-state index is 13.1. The van der Waals surface area contributed by atoms with Crippen molar-refractivity contribution in [3.8, 4) is 5.75 Å². The molecule has 1 fully saturated rings. The number of piperazine rings is 1. The lowest BCUT2D eigenvalue weighted by Gasteiger charge is -2.32. The van der Waals surface area contributed by atoms with Crippen LogP contribution in [0, 0.1) is 0 Å². The zero-order valence-corrected chi connectivity index (χ0v) is 21.6. The Balaban J connectivity index is 1.45. The van der Waals surface area contributed by atoms with Crippen molar-refractivity contribution in [1.29, 1.82) is 0 Å². The molecule has 2 aromatic carbocycles. The van der Waals surface area contributed by atoms with E-state index in [1.54, 1.807) is 24.2 Å². The topological polar surface area (TPSA) is 90.0 Å². The summed E-state index contributed by atoms with van der Waals surface area (Å²) in [6.45, 7) is 6.59. The first-order valence-corrected chi connectivity index (χ1v) is 12.5. The van der Waals surface area contributed by atoms with Gasteiger partial charge in [0.15, 0.2) is 0 Å². The molecule has 1 saturated heterocycles. The second kappa shape index (κ2) is 10.1. The number of fused-ring (bicyclic) bond motifs is 2. The molecule has 9 heteroatoms. The predicted molar refractivity (Wildman–Crippen MR) is 146 cm³/mol. The van der Waals surface area contributed by atoms with Crippen molar-refractivity contribution in [1.82, 2.24) is 15.2 Å². The average Bonchev–Trinajstić information content (AvgIpc) is 2.99. The van der Waals surface area contributed by atoms with Gasteiger partial charge in [0, 0.05) is 51.4 Å². The summed E-state index contributed by atoms with van der Waals surface area (Å²) in [5.74, 6) is 1.10. The number of hydrogen-bond donors (Lipinski definition) is 2. The first kappa shape index (κ1) is 24.6. The van der Waals surface area contributed by atoms with Crippen LogP contribution in [0.15, 0.2) is 54.7 Å². The Kier molecular flexibility index (Phi) is 6.71. The Morgan fingerprint density at radius 2 is 1.92 bits per heavy atom. The summed E-state index contributed by atoms with van der Waals surface area (Å²) in [6, 6.07) is 15.2. The SMILES string of the molecule is CCOc1cc(C(=O)N2CCN[C@H](C)C2)ccc1Nc1cc2c(cn1)N(C)C(=O)c1ccccc1N2C. The average molecular weight is 501 g/mol. The minimum absolute atomic E-state index is 0.00277. The molecule has 2 N–H and O–H groups in total. The molecule has 2 aliphatic heterocycles. The molecule has 2 aliphatic rings. The fourth-order valence-corrected chi connectivity index (χ4v) is 4.87. The van der Waals surface area contributed by atoms with Crippen molar-refractivity contribution in [3.05, 3.63) is 65.9 Å². The van der Waals surface area contributed by atoms with Crippen molar-refractivity contribution in [2.75, 3.05) is 55.5 Å². The van der Waals surface area contributed by atoms with E-state index in [2.05, 4.69) is 22.5 Å². The number of nitrogens with zero attached hydrogens (tertiary/aromatic N) is 4. The van der Waals surface area contributed by atoms with Gasteiger partial charge in [0.1, 0.15) is 11.6 Å². The molecule has 0 bridgehead atoms. The summed E-state index contributed by atoms with van der Waals surface area (Å²) in [6.07, 6.45) is 1.70. The summed E-state index contributed by atoms with van der Waals surface area (Å²) in [4.78, 5) is 36.3. The Hall–Kier alpha value is -4.11. The standard InChI is InChI=1S/C28H32N6O3/c1-5-37-25-14-19(27(35)34-13-12-29-18(2)17-34)10-11-21(25)31-26-15-23-24(16-30-26)33(4)28(36)20-8-6-7-9-22(20)32(23)3/h6-11,14-16,18,29H,5,12-13,17H2,1-4H3,(H,30,31)/t18-/m1/s1. The summed E-state index contributed by atoms with van der Waals surface area (Å²) in [5, 5.41) is 6.72. The van der Waals surface area contributed by atoms with Gasteiger partial charge in [0.25, 0.3) is 11.8 Å². The van der Waals surface area contributed by atoms with E-state index in [0.29, 0.717) is 53.8 Å². The van der Waals surface area contributed by atoms with Gasteiger partial charge < -0.3 is 30.1 Å². The third kappa shape index (κ3) is 4.70. The predicted octanol–water partition coefficient (Wildman–Crippen LogP) is 4.02. The van der Waals surface area contributed by atoms with E-state index in [0.717, 1.165) is 17.9 Å². The van der Waals surface area contributed by atoms with Crippen LogP contribution in [0.4, 0.5) is 28.6 Å².